The summed E-state index contributed by atoms with van der Waals surface area (Å²) in [4.78, 5) is 34.2. The van der Waals surface area contributed by atoms with E-state index in [2.05, 4.69) is 40.2 Å². The fourth-order valence-electron chi connectivity index (χ4n) is 5.73. The standard InChI is InChI=1S/C32H44FN5O5Si/c1-19-14-24(26(15-25(19)33)43-16-21-6-7-21)28-30-29(35-17-34-28)27(20(2)38(30)18-42-12-13-44(3,4)5)31(39)36-22-8-10-23(11-9-22)37-32(40)41/h14-15,17,21-23,37H,6-13,16,18H2,1-5H3,(H,36,39)(H,40,41)/t22-,23-. The van der Waals surface area contributed by atoms with Crippen molar-refractivity contribution in [2.75, 3.05) is 13.2 Å². The van der Waals surface area contributed by atoms with Gasteiger partial charge in [-0.15, -0.1) is 0 Å². The molecule has 2 heterocycles. The number of carbonyl (C=O) groups excluding carboxylic acids is 1. The minimum Gasteiger partial charge on any atom is -0.492 e. The largest absolute Gasteiger partial charge is 0.492 e. The molecule has 2 aromatic heterocycles. The summed E-state index contributed by atoms with van der Waals surface area (Å²) < 4.78 is 29.0. The van der Waals surface area contributed by atoms with Gasteiger partial charge < -0.3 is 29.8 Å². The normalized spacial score (nSPS) is 18.8. The number of nitrogens with one attached hydrogen (secondary N) is 2. The molecule has 0 unspecified atom stereocenters. The predicted octanol–water partition coefficient (Wildman–Crippen LogP) is 6.26. The summed E-state index contributed by atoms with van der Waals surface area (Å²) in [6.45, 7) is 11.8. The van der Waals surface area contributed by atoms with Crippen LogP contribution >= 0.6 is 0 Å². The van der Waals surface area contributed by atoms with E-state index in [0.717, 1.165) is 18.9 Å². The Balaban J connectivity index is 1.51. The van der Waals surface area contributed by atoms with E-state index in [-0.39, 0.29) is 30.5 Å². The van der Waals surface area contributed by atoms with Crippen LogP contribution in [0.3, 0.4) is 0 Å². The number of fused-ring (bicyclic) bond motifs is 1. The molecule has 3 N–H and O–H groups in total. The van der Waals surface area contributed by atoms with E-state index in [0.29, 0.717) is 89.7 Å². The zero-order chi connectivity index (χ0) is 31.6. The topological polar surface area (TPSA) is 128 Å². The minimum absolute atomic E-state index is 0.0800. The Labute approximate surface area is 258 Å². The number of ether oxygens (including phenoxy) is 2. The SMILES string of the molecule is Cc1cc(-c2ncnc3c(C(=O)N[C@H]4CC[C@H](NC(=O)O)CC4)c(C)n(COCC[Si](C)(C)C)c23)c(OCC2CC2)cc1F. The summed E-state index contributed by atoms with van der Waals surface area (Å²) in [5.41, 5.74) is 3.96. The fourth-order valence-corrected chi connectivity index (χ4v) is 6.49. The van der Waals surface area contributed by atoms with Crippen LogP contribution in [-0.4, -0.2) is 65.0 Å². The molecule has 0 aliphatic heterocycles. The van der Waals surface area contributed by atoms with E-state index < -0.39 is 14.2 Å². The lowest BCUT2D eigenvalue weighted by molar-refractivity contribution is 0.0877. The van der Waals surface area contributed by atoms with Crippen molar-refractivity contribution in [1.82, 2.24) is 25.2 Å². The Morgan fingerprint density at radius 3 is 2.36 bits per heavy atom. The zero-order valence-electron chi connectivity index (χ0n) is 26.3. The molecule has 5 rings (SSSR count). The van der Waals surface area contributed by atoms with Crippen LogP contribution in [0.5, 0.6) is 5.75 Å². The predicted molar refractivity (Wildman–Crippen MR) is 169 cm³/mol. The molecule has 44 heavy (non-hydrogen) atoms. The highest BCUT2D eigenvalue weighted by Crippen LogP contribution is 2.39. The van der Waals surface area contributed by atoms with Crippen molar-refractivity contribution in [2.24, 2.45) is 5.92 Å². The second kappa shape index (κ2) is 13.2. The number of aromatic nitrogens is 3. The van der Waals surface area contributed by atoms with E-state index in [1.807, 2.05) is 11.5 Å². The number of halogens is 1. The molecule has 0 spiro atoms. The van der Waals surface area contributed by atoms with Crippen molar-refractivity contribution in [3.05, 3.63) is 41.1 Å². The van der Waals surface area contributed by atoms with Crippen molar-refractivity contribution in [3.63, 3.8) is 0 Å². The average molecular weight is 626 g/mol. The maximum Gasteiger partial charge on any atom is 0.404 e. The number of hydrogen-bond donors (Lipinski definition) is 3. The Morgan fingerprint density at radius 2 is 1.73 bits per heavy atom. The van der Waals surface area contributed by atoms with Crippen LogP contribution < -0.4 is 15.4 Å². The van der Waals surface area contributed by atoms with Gasteiger partial charge in [0.2, 0.25) is 0 Å². The first-order valence-electron chi connectivity index (χ1n) is 15.6. The molecule has 2 amide bonds. The molecule has 0 atom stereocenters. The van der Waals surface area contributed by atoms with Gasteiger partial charge in [0.25, 0.3) is 5.91 Å². The quantitative estimate of drug-likeness (QED) is 0.160. The van der Waals surface area contributed by atoms with Crippen LogP contribution in [0.15, 0.2) is 18.5 Å². The van der Waals surface area contributed by atoms with E-state index >= 15 is 0 Å². The highest BCUT2D eigenvalue weighted by Gasteiger charge is 2.30. The third-order valence-electron chi connectivity index (χ3n) is 8.62. The molecule has 0 bridgehead atoms. The molecule has 0 radical (unpaired) electrons. The Hall–Kier alpha value is -3.51. The molecule has 2 aliphatic carbocycles. The van der Waals surface area contributed by atoms with Gasteiger partial charge in [-0.3, -0.25) is 4.79 Å². The average Bonchev–Trinajstić information content (AvgIpc) is 3.74. The molecule has 2 aliphatic rings. The van der Waals surface area contributed by atoms with Crippen molar-refractivity contribution in [1.29, 1.82) is 0 Å². The molecule has 238 valence electrons. The van der Waals surface area contributed by atoms with E-state index in [9.17, 15) is 14.0 Å². The van der Waals surface area contributed by atoms with Gasteiger partial charge in [0.05, 0.1) is 17.7 Å². The molecular formula is C32H44FN5O5Si. The van der Waals surface area contributed by atoms with Gasteiger partial charge in [-0.25, -0.2) is 19.2 Å². The van der Waals surface area contributed by atoms with E-state index in [1.165, 1.54) is 12.4 Å². The third-order valence-corrected chi connectivity index (χ3v) is 10.3. The summed E-state index contributed by atoms with van der Waals surface area (Å²) in [6.07, 6.45) is 5.28. The van der Waals surface area contributed by atoms with Gasteiger partial charge in [0.15, 0.2) is 0 Å². The van der Waals surface area contributed by atoms with E-state index in [4.69, 9.17) is 14.6 Å². The summed E-state index contributed by atoms with van der Waals surface area (Å²) in [5.74, 6) is 0.309. The monoisotopic (exact) mass is 625 g/mol. The van der Waals surface area contributed by atoms with Crippen molar-refractivity contribution in [3.8, 4) is 17.0 Å². The lowest BCUT2D eigenvalue weighted by atomic mass is 9.91. The Bertz CT molecular complexity index is 1530. The van der Waals surface area contributed by atoms with Gasteiger partial charge >= 0.3 is 6.09 Å². The molecular weight excluding hydrogens is 581 g/mol. The zero-order valence-corrected chi connectivity index (χ0v) is 27.3. The fraction of sp³-hybridized carbons (Fsp3) is 0.562. The van der Waals surface area contributed by atoms with Crippen LogP contribution in [0.25, 0.3) is 22.3 Å². The van der Waals surface area contributed by atoms with Crippen molar-refractivity contribution in [2.45, 2.75) is 96.9 Å². The van der Waals surface area contributed by atoms with Crippen LogP contribution in [0.1, 0.15) is 60.1 Å². The molecule has 10 nitrogen and oxygen atoms in total. The molecule has 12 heteroatoms. The number of benzene rings is 1. The minimum atomic E-state index is -1.32. The second-order valence-electron chi connectivity index (χ2n) is 13.5. The van der Waals surface area contributed by atoms with Gasteiger partial charge in [-0.05, 0) is 76.0 Å². The van der Waals surface area contributed by atoms with Crippen LogP contribution in [-0.2, 0) is 11.5 Å². The van der Waals surface area contributed by atoms with Crippen molar-refractivity contribution < 1.29 is 28.6 Å². The molecule has 3 aromatic rings. The third kappa shape index (κ3) is 7.58. The van der Waals surface area contributed by atoms with Crippen LogP contribution in [0.2, 0.25) is 25.7 Å². The number of amides is 2. The van der Waals surface area contributed by atoms with Gasteiger partial charge in [-0.2, -0.15) is 0 Å². The van der Waals surface area contributed by atoms with Gasteiger partial charge in [0, 0.05) is 44.1 Å². The molecule has 2 saturated carbocycles. The van der Waals surface area contributed by atoms with Crippen LogP contribution in [0, 0.1) is 25.6 Å². The van der Waals surface area contributed by atoms with Gasteiger partial charge in [-0.1, -0.05) is 19.6 Å². The Morgan fingerprint density at radius 1 is 1.05 bits per heavy atom. The Kier molecular flexibility index (Phi) is 9.59. The number of carbonyl (C=O) groups is 2. The highest BCUT2D eigenvalue weighted by molar-refractivity contribution is 6.76. The van der Waals surface area contributed by atoms with Crippen LogP contribution in [0.4, 0.5) is 9.18 Å². The first-order valence-corrected chi connectivity index (χ1v) is 19.3. The summed E-state index contributed by atoms with van der Waals surface area (Å²) in [7, 11) is -1.32. The number of rotatable bonds is 12. The number of hydrogen-bond acceptors (Lipinski definition) is 6. The molecule has 0 saturated heterocycles. The molecule has 2 fully saturated rings. The second-order valence-corrected chi connectivity index (χ2v) is 19.1. The van der Waals surface area contributed by atoms with Gasteiger partial charge in [0.1, 0.15) is 35.8 Å². The number of aryl methyl sites for hydroxylation is 1. The first-order chi connectivity index (χ1) is 20.9. The first kappa shape index (κ1) is 31.9. The maximum atomic E-state index is 14.8. The lowest BCUT2D eigenvalue weighted by Gasteiger charge is -2.28. The smallest absolute Gasteiger partial charge is 0.404 e. The summed E-state index contributed by atoms with van der Waals surface area (Å²) in [5, 5.41) is 14.8. The van der Waals surface area contributed by atoms with Crippen molar-refractivity contribution >= 4 is 31.1 Å². The number of nitrogens with zero attached hydrogens (tertiary/aromatic N) is 3. The lowest BCUT2D eigenvalue weighted by Crippen LogP contribution is -2.43. The molecule has 1 aromatic carbocycles. The maximum absolute atomic E-state index is 14.8. The summed E-state index contributed by atoms with van der Waals surface area (Å²) in [6, 6.07) is 3.99. The van der Waals surface area contributed by atoms with E-state index in [1.54, 1.807) is 13.0 Å². The summed E-state index contributed by atoms with van der Waals surface area (Å²) >= 11 is 0. The number of carboxylic acid groups (broad SMARTS) is 1. The highest BCUT2D eigenvalue weighted by atomic mass is 28.3.